The van der Waals surface area contributed by atoms with Gasteiger partial charge >= 0.3 is 0 Å². The van der Waals surface area contributed by atoms with Crippen LogP contribution in [0.3, 0.4) is 0 Å². The number of piperazine rings is 1. The van der Waals surface area contributed by atoms with E-state index in [9.17, 15) is 4.79 Å². The molecule has 1 rings (SSSR count). The maximum absolute atomic E-state index is 11.3. The quantitative estimate of drug-likeness (QED) is 0.602. The van der Waals surface area contributed by atoms with Crippen molar-refractivity contribution >= 4 is 5.91 Å². The van der Waals surface area contributed by atoms with Crippen molar-refractivity contribution in [3.05, 3.63) is 0 Å². The summed E-state index contributed by atoms with van der Waals surface area (Å²) in [6, 6.07) is 0. The Bertz CT molecular complexity index is 154. The molecule has 0 aromatic heterocycles. The van der Waals surface area contributed by atoms with Crippen LogP contribution in [0, 0.1) is 0 Å². The average molecular weight is 156 g/mol. The van der Waals surface area contributed by atoms with Crippen molar-refractivity contribution in [2.45, 2.75) is 32.2 Å². The summed E-state index contributed by atoms with van der Waals surface area (Å²) in [5.74, 6) is 0.144. The van der Waals surface area contributed by atoms with Crippen molar-refractivity contribution in [1.82, 2.24) is 10.6 Å². The summed E-state index contributed by atoms with van der Waals surface area (Å²) >= 11 is 0. The first kappa shape index (κ1) is 8.53. The first-order valence-corrected chi connectivity index (χ1v) is 4.22. The number of carbonyl (C=O) groups excluding carboxylic acids is 1. The van der Waals surface area contributed by atoms with Crippen LogP contribution in [0.5, 0.6) is 0 Å². The van der Waals surface area contributed by atoms with Gasteiger partial charge in [0.25, 0.3) is 0 Å². The van der Waals surface area contributed by atoms with Gasteiger partial charge in [-0.3, -0.25) is 4.79 Å². The van der Waals surface area contributed by atoms with E-state index in [0.29, 0.717) is 0 Å². The molecule has 1 aliphatic heterocycles. The van der Waals surface area contributed by atoms with Crippen LogP contribution >= 0.6 is 0 Å². The summed E-state index contributed by atoms with van der Waals surface area (Å²) in [7, 11) is 0. The summed E-state index contributed by atoms with van der Waals surface area (Å²) in [5.41, 5.74) is -0.312. The van der Waals surface area contributed by atoms with Crippen LogP contribution in [-0.4, -0.2) is 24.5 Å². The maximum Gasteiger partial charge on any atom is 0.240 e. The van der Waals surface area contributed by atoms with Crippen molar-refractivity contribution in [3.63, 3.8) is 0 Å². The molecule has 11 heavy (non-hydrogen) atoms. The summed E-state index contributed by atoms with van der Waals surface area (Å²) in [4.78, 5) is 11.3. The molecule has 1 fully saturated rings. The Balaban J connectivity index is 2.57. The molecule has 1 saturated heterocycles. The molecule has 0 spiro atoms. The molecule has 64 valence electrons. The molecule has 3 nitrogen and oxygen atoms in total. The Hall–Kier alpha value is -0.570. The fourth-order valence-electron chi connectivity index (χ4n) is 1.49. The van der Waals surface area contributed by atoms with Crippen LogP contribution in [0.1, 0.15) is 26.7 Å². The first-order valence-electron chi connectivity index (χ1n) is 4.22. The lowest BCUT2D eigenvalue weighted by atomic mass is 9.93. The zero-order valence-electron chi connectivity index (χ0n) is 7.24. The highest BCUT2D eigenvalue weighted by Gasteiger charge is 2.33. The van der Waals surface area contributed by atoms with Crippen molar-refractivity contribution in [2.75, 3.05) is 13.1 Å². The molecule has 1 amide bonds. The maximum atomic E-state index is 11.3. The predicted octanol–water partition coefficient (Wildman–Crippen LogP) is 0.265. The van der Waals surface area contributed by atoms with Crippen LogP contribution in [0.2, 0.25) is 0 Å². The Labute approximate surface area is 67.5 Å². The van der Waals surface area contributed by atoms with E-state index in [0.717, 1.165) is 25.9 Å². The average Bonchev–Trinajstić information content (AvgIpc) is 1.96. The van der Waals surface area contributed by atoms with Gasteiger partial charge in [-0.05, 0) is 13.3 Å². The first-order chi connectivity index (χ1) is 5.19. The standard InChI is InChI=1S/C8H16N2O/c1-3-4-8(2)7(11)9-5-6-10-8/h10H,3-6H2,1-2H3,(H,9,11). The molecule has 1 atom stereocenters. The third-order valence-corrected chi connectivity index (χ3v) is 2.18. The number of hydrogen-bond acceptors (Lipinski definition) is 2. The van der Waals surface area contributed by atoms with Gasteiger partial charge in [0.05, 0.1) is 5.54 Å². The van der Waals surface area contributed by atoms with Gasteiger partial charge in [-0.25, -0.2) is 0 Å². The lowest BCUT2D eigenvalue weighted by Crippen LogP contribution is -2.61. The van der Waals surface area contributed by atoms with Gasteiger partial charge < -0.3 is 10.6 Å². The van der Waals surface area contributed by atoms with Gasteiger partial charge in [0.15, 0.2) is 0 Å². The number of carbonyl (C=O) groups is 1. The SMILES string of the molecule is CCCC1(C)NCCNC1=O. The lowest BCUT2D eigenvalue weighted by Gasteiger charge is -2.33. The summed E-state index contributed by atoms with van der Waals surface area (Å²) in [5, 5.41) is 6.09. The van der Waals surface area contributed by atoms with E-state index in [4.69, 9.17) is 0 Å². The summed E-state index contributed by atoms with van der Waals surface area (Å²) in [6.45, 7) is 5.71. The van der Waals surface area contributed by atoms with Crippen molar-refractivity contribution in [3.8, 4) is 0 Å². The van der Waals surface area contributed by atoms with Gasteiger partial charge in [0.2, 0.25) is 5.91 Å². The molecule has 0 aromatic carbocycles. The lowest BCUT2D eigenvalue weighted by molar-refractivity contribution is -0.128. The molecule has 1 aliphatic rings. The molecular formula is C8H16N2O. The van der Waals surface area contributed by atoms with Gasteiger partial charge in [0, 0.05) is 13.1 Å². The van der Waals surface area contributed by atoms with Crippen molar-refractivity contribution < 1.29 is 4.79 Å². The number of rotatable bonds is 2. The Morgan fingerprint density at radius 2 is 2.27 bits per heavy atom. The molecule has 2 N–H and O–H groups in total. The van der Waals surface area contributed by atoms with Crippen LogP contribution in [0.4, 0.5) is 0 Å². The summed E-state index contributed by atoms with van der Waals surface area (Å²) < 4.78 is 0. The van der Waals surface area contributed by atoms with E-state index in [1.165, 1.54) is 0 Å². The third-order valence-electron chi connectivity index (χ3n) is 2.18. The van der Waals surface area contributed by atoms with E-state index in [2.05, 4.69) is 17.6 Å². The highest BCUT2D eigenvalue weighted by atomic mass is 16.2. The van der Waals surface area contributed by atoms with E-state index in [-0.39, 0.29) is 11.4 Å². The van der Waals surface area contributed by atoms with Crippen molar-refractivity contribution in [1.29, 1.82) is 0 Å². The number of amides is 1. The van der Waals surface area contributed by atoms with E-state index < -0.39 is 0 Å². The van der Waals surface area contributed by atoms with Crippen molar-refractivity contribution in [2.24, 2.45) is 0 Å². The van der Waals surface area contributed by atoms with Crippen LogP contribution < -0.4 is 10.6 Å². The molecular weight excluding hydrogens is 140 g/mol. The number of hydrogen-bond donors (Lipinski definition) is 2. The van der Waals surface area contributed by atoms with E-state index in [1.54, 1.807) is 0 Å². The topological polar surface area (TPSA) is 41.1 Å². The molecule has 1 heterocycles. The predicted molar refractivity (Wildman–Crippen MR) is 44.3 cm³/mol. The van der Waals surface area contributed by atoms with Gasteiger partial charge in [-0.15, -0.1) is 0 Å². The monoisotopic (exact) mass is 156 g/mol. The van der Waals surface area contributed by atoms with E-state index in [1.807, 2.05) is 6.92 Å². The molecule has 0 aromatic rings. The molecule has 3 heteroatoms. The van der Waals surface area contributed by atoms with Crippen LogP contribution in [0.25, 0.3) is 0 Å². The Kier molecular flexibility index (Phi) is 2.49. The highest BCUT2D eigenvalue weighted by molar-refractivity contribution is 5.86. The second-order valence-corrected chi connectivity index (χ2v) is 3.26. The fourth-order valence-corrected chi connectivity index (χ4v) is 1.49. The molecule has 0 saturated carbocycles. The van der Waals surface area contributed by atoms with Gasteiger partial charge in [0.1, 0.15) is 0 Å². The Morgan fingerprint density at radius 3 is 2.82 bits per heavy atom. The largest absolute Gasteiger partial charge is 0.353 e. The highest BCUT2D eigenvalue weighted by Crippen LogP contribution is 2.13. The van der Waals surface area contributed by atoms with Crippen LogP contribution in [0.15, 0.2) is 0 Å². The second-order valence-electron chi connectivity index (χ2n) is 3.26. The zero-order valence-corrected chi connectivity index (χ0v) is 7.24. The fraction of sp³-hybridized carbons (Fsp3) is 0.875. The normalized spacial score (nSPS) is 31.6. The zero-order chi connectivity index (χ0) is 8.32. The van der Waals surface area contributed by atoms with Crippen LogP contribution in [-0.2, 0) is 4.79 Å². The minimum absolute atomic E-state index is 0.144. The third kappa shape index (κ3) is 1.71. The minimum Gasteiger partial charge on any atom is -0.353 e. The Morgan fingerprint density at radius 1 is 1.55 bits per heavy atom. The molecule has 0 aliphatic carbocycles. The smallest absolute Gasteiger partial charge is 0.240 e. The van der Waals surface area contributed by atoms with E-state index >= 15 is 0 Å². The summed E-state index contributed by atoms with van der Waals surface area (Å²) in [6.07, 6.45) is 1.95. The molecule has 1 unspecified atom stereocenters. The molecule has 0 radical (unpaired) electrons. The molecule has 0 bridgehead atoms. The number of nitrogens with one attached hydrogen (secondary N) is 2. The van der Waals surface area contributed by atoms with Gasteiger partial charge in [-0.2, -0.15) is 0 Å². The minimum atomic E-state index is -0.312. The second kappa shape index (κ2) is 3.22. The van der Waals surface area contributed by atoms with Gasteiger partial charge in [-0.1, -0.05) is 13.3 Å².